The van der Waals surface area contributed by atoms with Crippen LogP contribution in [0, 0.1) is 0 Å². The first kappa shape index (κ1) is 13.3. The highest BCUT2D eigenvalue weighted by atomic mass is 16.5. The molecule has 0 aliphatic heterocycles. The van der Waals surface area contributed by atoms with Crippen LogP contribution in [-0.2, 0) is 4.79 Å². The molecule has 0 aliphatic rings. The fourth-order valence-corrected chi connectivity index (χ4v) is 1.28. The molecule has 0 radical (unpaired) electrons. The number of carbonyl (C=O) groups excluding carboxylic acids is 1. The Hall–Kier alpha value is -1.75. The van der Waals surface area contributed by atoms with Crippen molar-refractivity contribution in [2.75, 3.05) is 19.0 Å². The molecule has 1 aromatic rings. The monoisotopic (exact) mass is 238 g/mol. The van der Waals surface area contributed by atoms with Crippen LogP contribution in [0.3, 0.4) is 0 Å². The number of methoxy groups -OCH3 is 1. The predicted octanol–water partition coefficient (Wildman–Crippen LogP) is 1.38. The molecular weight excluding hydrogens is 220 g/mol. The van der Waals surface area contributed by atoms with Gasteiger partial charge in [0.1, 0.15) is 0 Å². The number of nitrogens with one attached hydrogen (secondary N) is 1. The predicted molar refractivity (Wildman–Crippen MR) is 66.4 cm³/mol. The molecule has 0 spiro atoms. The largest absolute Gasteiger partial charge is 0.493 e. The molecule has 17 heavy (non-hydrogen) atoms. The minimum Gasteiger partial charge on any atom is -0.493 e. The van der Waals surface area contributed by atoms with Gasteiger partial charge in [-0.2, -0.15) is 0 Å². The molecule has 1 atom stereocenters. The molecule has 1 amide bonds. The zero-order chi connectivity index (χ0) is 12.8. The molecule has 0 heterocycles. The lowest BCUT2D eigenvalue weighted by Gasteiger charge is -2.12. The summed E-state index contributed by atoms with van der Waals surface area (Å²) in [6.45, 7) is 4.08. The van der Waals surface area contributed by atoms with Gasteiger partial charge in [-0.3, -0.25) is 4.79 Å². The standard InChI is InChI=1S/C12H18N2O3/c1-4-17-10-6-5-9(7-11(10)16-3)14-12(15)8(2)13/h5-8H,4,13H2,1-3H3,(H,14,15)/t8-/m1/s1. The maximum Gasteiger partial charge on any atom is 0.241 e. The summed E-state index contributed by atoms with van der Waals surface area (Å²) in [5.41, 5.74) is 6.10. The van der Waals surface area contributed by atoms with E-state index in [-0.39, 0.29) is 5.91 Å². The van der Waals surface area contributed by atoms with E-state index in [0.29, 0.717) is 23.8 Å². The van der Waals surface area contributed by atoms with Crippen LogP contribution in [-0.4, -0.2) is 25.7 Å². The van der Waals surface area contributed by atoms with Gasteiger partial charge in [-0.1, -0.05) is 0 Å². The highest BCUT2D eigenvalue weighted by molar-refractivity contribution is 5.94. The zero-order valence-electron chi connectivity index (χ0n) is 10.3. The van der Waals surface area contributed by atoms with Gasteiger partial charge in [0.25, 0.3) is 0 Å². The van der Waals surface area contributed by atoms with E-state index in [9.17, 15) is 4.79 Å². The van der Waals surface area contributed by atoms with Crippen LogP contribution in [0.5, 0.6) is 11.5 Å². The summed E-state index contributed by atoms with van der Waals surface area (Å²) in [7, 11) is 1.55. The SMILES string of the molecule is CCOc1ccc(NC(=O)[C@@H](C)N)cc1OC. The van der Waals surface area contributed by atoms with Crippen LogP contribution in [0.15, 0.2) is 18.2 Å². The third kappa shape index (κ3) is 3.64. The summed E-state index contributed by atoms with van der Waals surface area (Å²) in [6, 6.07) is 4.64. The van der Waals surface area contributed by atoms with E-state index in [4.69, 9.17) is 15.2 Å². The van der Waals surface area contributed by atoms with Crippen LogP contribution in [0.2, 0.25) is 0 Å². The van der Waals surface area contributed by atoms with Crippen molar-refractivity contribution in [3.05, 3.63) is 18.2 Å². The number of hydrogen-bond acceptors (Lipinski definition) is 4. The van der Waals surface area contributed by atoms with Gasteiger partial charge >= 0.3 is 0 Å². The van der Waals surface area contributed by atoms with Crippen molar-refractivity contribution in [3.63, 3.8) is 0 Å². The lowest BCUT2D eigenvalue weighted by molar-refractivity contribution is -0.117. The van der Waals surface area contributed by atoms with Gasteiger partial charge < -0.3 is 20.5 Å². The van der Waals surface area contributed by atoms with Gasteiger partial charge in [-0.05, 0) is 26.0 Å². The van der Waals surface area contributed by atoms with E-state index < -0.39 is 6.04 Å². The van der Waals surface area contributed by atoms with Gasteiger partial charge in [0.05, 0.1) is 19.8 Å². The molecule has 0 saturated carbocycles. The quantitative estimate of drug-likeness (QED) is 0.812. The minimum atomic E-state index is -0.549. The molecule has 0 aliphatic carbocycles. The molecule has 0 aromatic heterocycles. The van der Waals surface area contributed by atoms with Crippen molar-refractivity contribution >= 4 is 11.6 Å². The molecule has 5 nitrogen and oxygen atoms in total. The average Bonchev–Trinajstić information content (AvgIpc) is 2.31. The molecule has 1 aromatic carbocycles. The lowest BCUT2D eigenvalue weighted by Crippen LogP contribution is -2.32. The van der Waals surface area contributed by atoms with Crippen LogP contribution in [0.1, 0.15) is 13.8 Å². The topological polar surface area (TPSA) is 73.6 Å². The van der Waals surface area contributed by atoms with Crippen LogP contribution in [0.25, 0.3) is 0 Å². The Kier molecular flexibility index (Phi) is 4.78. The fraction of sp³-hybridized carbons (Fsp3) is 0.417. The first-order chi connectivity index (χ1) is 8.08. The Balaban J connectivity index is 2.85. The van der Waals surface area contributed by atoms with Crippen molar-refractivity contribution in [1.82, 2.24) is 0 Å². The van der Waals surface area contributed by atoms with Gasteiger partial charge in [0, 0.05) is 11.8 Å². The number of ether oxygens (including phenoxy) is 2. The van der Waals surface area contributed by atoms with E-state index in [2.05, 4.69) is 5.32 Å². The third-order valence-corrected chi connectivity index (χ3v) is 2.14. The fourth-order valence-electron chi connectivity index (χ4n) is 1.28. The maximum atomic E-state index is 11.4. The molecule has 0 saturated heterocycles. The van der Waals surface area contributed by atoms with Gasteiger partial charge in [-0.25, -0.2) is 0 Å². The van der Waals surface area contributed by atoms with Gasteiger partial charge in [0.2, 0.25) is 5.91 Å². The Morgan fingerprint density at radius 2 is 2.18 bits per heavy atom. The molecule has 0 unspecified atom stereocenters. The lowest BCUT2D eigenvalue weighted by atomic mass is 10.2. The van der Waals surface area contributed by atoms with E-state index in [1.54, 1.807) is 32.2 Å². The number of amides is 1. The first-order valence-corrected chi connectivity index (χ1v) is 5.45. The summed E-state index contributed by atoms with van der Waals surface area (Å²) >= 11 is 0. The van der Waals surface area contributed by atoms with E-state index in [1.807, 2.05) is 6.92 Å². The van der Waals surface area contributed by atoms with Crippen LogP contribution < -0.4 is 20.5 Å². The second kappa shape index (κ2) is 6.10. The van der Waals surface area contributed by atoms with Crippen LogP contribution >= 0.6 is 0 Å². The second-order valence-electron chi connectivity index (χ2n) is 3.58. The number of anilines is 1. The smallest absolute Gasteiger partial charge is 0.241 e. The Morgan fingerprint density at radius 1 is 1.47 bits per heavy atom. The molecule has 94 valence electrons. The first-order valence-electron chi connectivity index (χ1n) is 5.45. The Labute approximate surface area is 101 Å². The van der Waals surface area contributed by atoms with Crippen molar-refractivity contribution in [3.8, 4) is 11.5 Å². The maximum absolute atomic E-state index is 11.4. The summed E-state index contributed by atoms with van der Waals surface area (Å²) in [5.74, 6) is 0.985. The summed E-state index contributed by atoms with van der Waals surface area (Å²) in [4.78, 5) is 11.4. The molecule has 0 bridgehead atoms. The number of benzene rings is 1. The van der Waals surface area contributed by atoms with E-state index in [0.717, 1.165) is 0 Å². The summed E-state index contributed by atoms with van der Waals surface area (Å²) < 4.78 is 10.5. The highest BCUT2D eigenvalue weighted by Gasteiger charge is 2.10. The molecule has 5 heteroatoms. The summed E-state index contributed by atoms with van der Waals surface area (Å²) in [6.07, 6.45) is 0. The van der Waals surface area contributed by atoms with Crippen molar-refractivity contribution in [2.45, 2.75) is 19.9 Å². The number of hydrogen-bond donors (Lipinski definition) is 2. The number of nitrogens with two attached hydrogens (primary N) is 1. The van der Waals surface area contributed by atoms with Crippen molar-refractivity contribution in [2.24, 2.45) is 5.73 Å². The number of rotatable bonds is 5. The molecular formula is C12H18N2O3. The molecule has 1 rings (SSSR count). The Morgan fingerprint density at radius 3 is 2.71 bits per heavy atom. The average molecular weight is 238 g/mol. The number of carbonyl (C=O) groups is 1. The minimum absolute atomic E-state index is 0.240. The molecule has 3 N–H and O–H groups in total. The third-order valence-electron chi connectivity index (χ3n) is 2.14. The van der Waals surface area contributed by atoms with Crippen molar-refractivity contribution < 1.29 is 14.3 Å². The second-order valence-corrected chi connectivity index (χ2v) is 3.58. The van der Waals surface area contributed by atoms with Crippen molar-refractivity contribution in [1.29, 1.82) is 0 Å². The van der Waals surface area contributed by atoms with E-state index >= 15 is 0 Å². The van der Waals surface area contributed by atoms with Crippen LogP contribution in [0.4, 0.5) is 5.69 Å². The van der Waals surface area contributed by atoms with Gasteiger partial charge in [0.15, 0.2) is 11.5 Å². The highest BCUT2D eigenvalue weighted by Crippen LogP contribution is 2.30. The normalized spacial score (nSPS) is 11.8. The van der Waals surface area contributed by atoms with E-state index in [1.165, 1.54) is 0 Å². The van der Waals surface area contributed by atoms with Gasteiger partial charge in [-0.15, -0.1) is 0 Å². The molecule has 0 fully saturated rings. The summed E-state index contributed by atoms with van der Waals surface area (Å²) in [5, 5.41) is 2.69. The Bertz CT molecular complexity index is 391. The zero-order valence-corrected chi connectivity index (χ0v) is 10.3.